The number of halogens is 2. The van der Waals surface area contributed by atoms with E-state index in [1.165, 1.54) is 42.3 Å². The van der Waals surface area contributed by atoms with Gasteiger partial charge < -0.3 is 14.4 Å². The van der Waals surface area contributed by atoms with Crippen LogP contribution in [0.3, 0.4) is 0 Å². The zero-order valence-electron chi connectivity index (χ0n) is 20.6. The first kappa shape index (κ1) is 26.0. The van der Waals surface area contributed by atoms with Crippen LogP contribution in [-0.2, 0) is 9.53 Å². The molecule has 0 unspecified atom stereocenters. The molecule has 1 heterocycles. The molecule has 0 fully saturated rings. The minimum Gasteiger partial charge on any atom is -0.497 e. The average molecular weight is 508 g/mol. The van der Waals surface area contributed by atoms with E-state index in [0.29, 0.717) is 22.6 Å². The van der Waals surface area contributed by atoms with Crippen LogP contribution in [0.4, 0.5) is 8.78 Å². The van der Waals surface area contributed by atoms with Gasteiger partial charge in [-0.3, -0.25) is 9.59 Å². The summed E-state index contributed by atoms with van der Waals surface area (Å²) < 4.78 is 38.4. The van der Waals surface area contributed by atoms with Crippen LogP contribution >= 0.6 is 0 Å². The van der Waals surface area contributed by atoms with Crippen molar-refractivity contribution in [2.45, 2.75) is 12.5 Å². The van der Waals surface area contributed by atoms with Crippen molar-refractivity contribution in [2.75, 3.05) is 33.9 Å². The monoisotopic (exact) mass is 507 g/mol. The third kappa shape index (κ3) is 6.00. The number of methoxy groups -OCH3 is 2. The van der Waals surface area contributed by atoms with Crippen LogP contribution in [0.5, 0.6) is 5.75 Å². The number of carbonyl (C=O) groups is 2. The molecule has 0 saturated carbocycles. The van der Waals surface area contributed by atoms with Crippen LogP contribution < -0.4 is 4.74 Å². The number of rotatable bonds is 9. The minimum absolute atomic E-state index is 0.173. The lowest BCUT2D eigenvalue weighted by atomic mass is 9.98. The first-order valence-corrected chi connectivity index (χ1v) is 11.7. The third-order valence-electron chi connectivity index (χ3n) is 6.12. The normalized spacial score (nSPS) is 14.9. The molecule has 0 N–H and O–H groups in total. The smallest absolute Gasteiger partial charge is 0.262 e. The van der Waals surface area contributed by atoms with Crippen molar-refractivity contribution in [1.29, 1.82) is 0 Å². The summed E-state index contributed by atoms with van der Waals surface area (Å²) in [5, 5.41) is 5.73. The Morgan fingerprint density at radius 3 is 2.35 bits per heavy atom. The number of benzene rings is 3. The third-order valence-corrected chi connectivity index (χ3v) is 6.12. The summed E-state index contributed by atoms with van der Waals surface area (Å²) in [6.07, 6.45) is 0.239. The molecule has 1 aliphatic rings. The Hall–Kier alpha value is -4.11. The van der Waals surface area contributed by atoms with E-state index >= 15 is 0 Å². The Kier molecular flexibility index (Phi) is 8.25. The second-order valence-corrected chi connectivity index (χ2v) is 8.48. The first-order chi connectivity index (χ1) is 17.9. The molecule has 192 valence electrons. The molecule has 3 aromatic rings. The van der Waals surface area contributed by atoms with Gasteiger partial charge >= 0.3 is 0 Å². The molecular formula is C28H27F2N3O4. The highest BCUT2D eigenvalue weighted by atomic mass is 19.1. The number of hydrogen-bond donors (Lipinski definition) is 0. The molecule has 1 atom stereocenters. The van der Waals surface area contributed by atoms with E-state index in [1.54, 1.807) is 54.6 Å². The van der Waals surface area contributed by atoms with Gasteiger partial charge in [0.25, 0.3) is 11.8 Å². The molecule has 0 saturated heterocycles. The second-order valence-electron chi connectivity index (χ2n) is 8.48. The maximum absolute atomic E-state index is 14.5. The van der Waals surface area contributed by atoms with Gasteiger partial charge in [-0.2, -0.15) is 5.10 Å². The van der Waals surface area contributed by atoms with Crippen molar-refractivity contribution in [3.63, 3.8) is 0 Å². The maximum Gasteiger partial charge on any atom is 0.262 e. The predicted octanol–water partition coefficient (Wildman–Crippen LogP) is 4.44. The Balaban J connectivity index is 1.62. The zero-order valence-corrected chi connectivity index (χ0v) is 20.6. The Morgan fingerprint density at radius 1 is 1.00 bits per heavy atom. The molecule has 0 aliphatic carbocycles. The summed E-state index contributed by atoms with van der Waals surface area (Å²) in [4.78, 5) is 28.2. The largest absolute Gasteiger partial charge is 0.497 e. The fourth-order valence-electron chi connectivity index (χ4n) is 4.15. The van der Waals surface area contributed by atoms with Gasteiger partial charge in [-0.25, -0.2) is 13.8 Å². The fourth-order valence-corrected chi connectivity index (χ4v) is 4.15. The summed E-state index contributed by atoms with van der Waals surface area (Å²) >= 11 is 0. The van der Waals surface area contributed by atoms with Crippen molar-refractivity contribution in [2.24, 2.45) is 5.10 Å². The SMILES string of the molecule is COCCN(CC(=O)N1N=C(c2ccccc2F)C[C@@H]1c1ccc(F)cc1)C(=O)c1ccc(OC)cc1. The van der Waals surface area contributed by atoms with Gasteiger partial charge in [0.05, 0.1) is 25.5 Å². The average Bonchev–Trinajstić information content (AvgIpc) is 3.36. The lowest BCUT2D eigenvalue weighted by Gasteiger charge is -2.27. The number of carbonyl (C=O) groups excluding carboxylic acids is 2. The maximum atomic E-state index is 14.5. The van der Waals surface area contributed by atoms with E-state index in [4.69, 9.17) is 9.47 Å². The molecule has 7 nitrogen and oxygen atoms in total. The van der Waals surface area contributed by atoms with Gasteiger partial charge in [0, 0.05) is 31.2 Å². The molecule has 37 heavy (non-hydrogen) atoms. The van der Waals surface area contributed by atoms with E-state index in [1.807, 2.05) is 0 Å². The molecule has 2 amide bonds. The van der Waals surface area contributed by atoms with Crippen LogP contribution in [0.25, 0.3) is 0 Å². The van der Waals surface area contributed by atoms with Crippen molar-refractivity contribution < 1.29 is 27.8 Å². The molecular weight excluding hydrogens is 480 g/mol. The summed E-state index contributed by atoms with van der Waals surface area (Å²) in [5.41, 5.74) is 1.72. The highest BCUT2D eigenvalue weighted by molar-refractivity contribution is 6.04. The van der Waals surface area contributed by atoms with Crippen LogP contribution in [0, 0.1) is 11.6 Å². The predicted molar refractivity (Wildman–Crippen MR) is 134 cm³/mol. The molecule has 0 radical (unpaired) electrons. The molecule has 9 heteroatoms. The van der Waals surface area contributed by atoms with E-state index in [9.17, 15) is 18.4 Å². The molecule has 0 spiro atoms. The van der Waals surface area contributed by atoms with Gasteiger partial charge in [0.2, 0.25) is 0 Å². The Morgan fingerprint density at radius 2 is 1.70 bits per heavy atom. The van der Waals surface area contributed by atoms with Gasteiger partial charge in [-0.15, -0.1) is 0 Å². The molecule has 0 aromatic heterocycles. The van der Waals surface area contributed by atoms with Gasteiger partial charge in [-0.1, -0.05) is 30.3 Å². The summed E-state index contributed by atoms with van der Waals surface area (Å²) in [5.74, 6) is -1.08. The van der Waals surface area contributed by atoms with Crippen LogP contribution in [0.1, 0.15) is 33.9 Å². The highest BCUT2D eigenvalue weighted by Gasteiger charge is 2.35. The van der Waals surface area contributed by atoms with E-state index < -0.39 is 23.6 Å². The van der Waals surface area contributed by atoms with Crippen LogP contribution in [0.2, 0.25) is 0 Å². The van der Waals surface area contributed by atoms with E-state index in [0.717, 1.165) is 0 Å². The van der Waals surface area contributed by atoms with Crippen molar-refractivity contribution in [1.82, 2.24) is 9.91 Å². The zero-order chi connectivity index (χ0) is 26.4. The molecule has 1 aliphatic heterocycles. The standard InChI is InChI=1S/C28H27F2N3O4/c1-36-16-15-32(28(35)20-9-13-22(37-2)14-10-20)18-27(34)33-26(19-7-11-21(29)12-8-19)17-25(31-33)23-5-3-4-6-24(23)30/h3-14,26H,15-18H2,1-2H3/t26-/m1/s1. The second kappa shape index (κ2) is 11.7. The molecule has 0 bridgehead atoms. The van der Waals surface area contributed by atoms with Crippen LogP contribution in [-0.4, -0.2) is 61.4 Å². The van der Waals surface area contributed by atoms with E-state index in [2.05, 4.69) is 5.10 Å². The van der Waals surface area contributed by atoms with Crippen molar-refractivity contribution in [3.05, 3.63) is 101 Å². The topological polar surface area (TPSA) is 71.4 Å². The van der Waals surface area contributed by atoms with Gasteiger partial charge in [0.1, 0.15) is 23.9 Å². The number of ether oxygens (including phenoxy) is 2. The van der Waals surface area contributed by atoms with Gasteiger partial charge in [-0.05, 0) is 48.0 Å². The lowest BCUT2D eigenvalue weighted by Crippen LogP contribution is -2.42. The Labute approximate surface area is 213 Å². The van der Waals surface area contributed by atoms with E-state index in [-0.39, 0.29) is 37.6 Å². The van der Waals surface area contributed by atoms with Crippen LogP contribution in [0.15, 0.2) is 77.9 Å². The Bertz CT molecular complexity index is 1280. The summed E-state index contributed by atoms with van der Waals surface area (Å²) in [7, 11) is 3.04. The highest BCUT2D eigenvalue weighted by Crippen LogP contribution is 2.33. The molecule has 3 aromatic carbocycles. The van der Waals surface area contributed by atoms with Crippen molar-refractivity contribution >= 4 is 17.5 Å². The quantitative estimate of drug-likeness (QED) is 0.429. The summed E-state index contributed by atoms with van der Waals surface area (Å²) in [6.45, 7) is 0.117. The number of nitrogens with zero attached hydrogens (tertiary/aromatic N) is 3. The number of hydrazone groups is 1. The number of amides is 2. The molecule has 4 rings (SSSR count). The first-order valence-electron chi connectivity index (χ1n) is 11.7. The minimum atomic E-state index is -0.580. The lowest BCUT2D eigenvalue weighted by molar-refractivity contribution is -0.133. The van der Waals surface area contributed by atoms with Crippen molar-refractivity contribution in [3.8, 4) is 5.75 Å². The number of hydrogen-bond acceptors (Lipinski definition) is 5. The van der Waals surface area contributed by atoms with Gasteiger partial charge in [0.15, 0.2) is 0 Å². The summed E-state index contributed by atoms with van der Waals surface area (Å²) in [6, 6.07) is 17.9. The fraction of sp³-hybridized carbons (Fsp3) is 0.250.